The van der Waals surface area contributed by atoms with Crippen molar-refractivity contribution in [2.75, 3.05) is 26.4 Å². The summed E-state index contributed by atoms with van der Waals surface area (Å²) in [4.78, 5) is 34.9. The molecule has 52 heavy (non-hydrogen) atoms. The molecule has 0 aromatic carbocycles. The van der Waals surface area contributed by atoms with Gasteiger partial charge in [-0.15, -0.1) is 0 Å². The number of aliphatic hydroxyl groups excluding tert-OH is 2. The lowest BCUT2D eigenvalue weighted by molar-refractivity contribution is -0.161. The van der Waals surface area contributed by atoms with Crippen molar-refractivity contribution < 1.29 is 47.8 Å². The number of carbonyl (C=O) groups is 2. The number of hydrogen-bond acceptors (Lipinski definition) is 9. The van der Waals surface area contributed by atoms with Crippen molar-refractivity contribution in [3.63, 3.8) is 0 Å². The van der Waals surface area contributed by atoms with Crippen molar-refractivity contribution in [2.45, 2.75) is 212 Å². The molecule has 0 bridgehead atoms. The average molecular weight is 763 g/mol. The van der Waals surface area contributed by atoms with Gasteiger partial charge in [0.15, 0.2) is 6.10 Å². The standard InChI is InChI=1S/C41H79O10P/c1-3-5-7-9-11-13-15-17-18-19-21-23-25-27-29-31-33-41(45)51-39(37-50-52(46,47)49-35-38(43)34-42)36-48-40(44)32-30-28-26-24-22-20-16-14-12-10-8-6-4-2/h18-19,38-39,42-43H,3-17,20-37H2,1-2H3,(H,46,47)/b19-18-/t38-,39+/m0/s1. The lowest BCUT2D eigenvalue weighted by Gasteiger charge is -2.20. The molecule has 0 aromatic rings. The average Bonchev–Trinajstić information content (AvgIpc) is 3.13. The first-order valence-electron chi connectivity index (χ1n) is 21.1. The number of rotatable bonds is 40. The molecule has 0 aliphatic rings. The maximum absolute atomic E-state index is 12.6. The van der Waals surface area contributed by atoms with E-state index in [9.17, 15) is 24.2 Å². The topological polar surface area (TPSA) is 149 Å². The largest absolute Gasteiger partial charge is 0.472 e. The van der Waals surface area contributed by atoms with Crippen LogP contribution in [0.4, 0.5) is 0 Å². The first kappa shape index (κ1) is 50.7. The second-order valence-electron chi connectivity index (χ2n) is 14.4. The van der Waals surface area contributed by atoms with E-state index in [0.29, 0.717) is 12.8 Å². The molecule has 0 fully saturated rings. The smallest absolute Gasteiger partial charge is 0.462 e. The highest BCUT2D eigenvalue weighted by atomic mass is 31.2. The zero-order chi connectivity index (χ0) is 38.4. The molecule has 3 N–H and O–H groups in total. The van der Waals surface area contributed by atoms with Gasteiger partial charge in [0.1, 0.15) is 12.7 Å². The van der Waals surface area contributed by atoms with E-state index in [1.165, 1.54) is 103 Å². The van der Waals surface area contributed by atoms with E-state index in [0.717, 1.165) is 57.8 Å². The molecule has 308 valence electrons. The molecule has 0 heterocycles. The SMILES string of the molecule is CCCCCCCCC/C=C\CCCCCCCC(=O)O[C@H](COC(=O)CCCCCCCCCCCCCCC)COP(=O)(O)OC[C@@H](O)CO. The number of carbonyl (C=O) groups excluding carboxylic acids is 2. The predicted octanol–water partition coefficient (Wildman–Crippen LogP) is 10.8. The van der Waals surface area contributed by atoms with Gasteiger partial charge in [-0.05, 0) is 38.5 Å². The molecule has 0 radical (unpaired) electrons. The van der Waals surface area contributed by atoms with Gasteiger partial charge in [-0.1, -0.05) is 161 Å². The van der Waals surface area contributed by atoms with E-state index in [1.807, 2.05) is 0 Å². The summed E-state index contributed by atoms with van der Waals surface area (Å²) in [6.07, 6.45) is 34.6. The van der Waals surface area contributed by atoms with Crippen molar-refractivity contribution >= 4 is 19.8 Å². The molecular formula is C41H79O10P. The number of hydrogen-bond donors (Lipinski definition) is 3. The predicted molar refractivity (Wildman–Crippen MR) is 210 cm³/mol. The Morgan fingerprint density at radius 1 is 0.558 bits per heavy atom. The Labute approximate surface area is 317 Å². The zero-order valence-electron chi connectivity index (χ0n) is 33.3. The van der Waals surface area contributed by atoms with Crippen LogP contribution in [0.5, 0.6) is 0 Å². The maximum atomic E-state index is 12.6. The van der Waals surface area contributed by atoms with Crippen molar-refractivity contribution in [1.29, 1.82) is 0 Å². The molecule has 0 aliphatic heterocycles. The molecular weight excluding hydrogens is 683 g/mol. The van der Waals surface area contributed by atoms with Crippen molar-refractivity contribution in [1.82, 2.24) is 0 Å². The number of phosphoric acid groups is 1. The van der Waals surface area contributed by atoms with Gasteiger partial charge in [-0.3, -0.25) is 18.6 Å². The van der Waals surface area contributed by atoms with E-state index in [1.54, 1.807) is 0 Å². The molecule has 0 rings (SSSR count). The van der Waals surface area contributed by atoms with E-state index in [-0.39, 0.29) is 19.4 Å². The third kappa shape index (κ3) is 37.0. The Morgan fingerprint density at radius 3 is 1.38 bits per heavy atom. The van der Waals surface area contributed by atoms with Gasteiger partial charge >= 0.3 is 19.8 Å². The van der Waals surface area contributed by atoms with Crippen LogP contribution in [0.25, 0.3) is 0 Å². The fraction of sp³-hybridized carbons (Fsp3) is 0.902. The van der Waals surface area contributed by atoms with Crippen LogP contribution in [0, 0.1) is 0 Å². The van der Waals surface area contributed by atoms with Gasteiger partial charge in [-0.25, -0.2) is 4.57 Å². The summed E-state index contributed by atoms with van der Waals surface area (Å²) < 4.78 is 32.7. The summed E-state index contributed by atoms with van der Waals surface area (Å²) in [5.74, 6) is -0.926. The van der Waals surface area contributed by atoms with Crippen molar-refractivity contribution in [3.8, 4) is 0 Å². The molecule has 0 saturated heterocycles. The highest BCUT2D eigenvalue weighted by Crippen LogP contribution is 2.43. The summed E-state index contributed by atoms with van der Waals surface area (Å²) in [5, 5.41) is 18.3. The summed E-state index contributed by atoms with van der Waals surface area (Å²) >= 11 is 0. The molecule has 11 heteroatoms. The Kier molecular flexibility index (Phi) is 37.1. The fourth-order valence-electron chi connectivity index (χ4n) is 5.87. The Bertz CT molecular complexity index is 884. The lowest BCUT2D eigenvalue weighted by Crippen LogP contribution is -2.29. The van der Waals surface area contributed by atoms with Crippen LogP contribution in [0.2, 0.25) is 0 Å². The molecule has 0 amide bonds. The van der Waals surface area contributed by atoms with Crippen LogP contribution >= 0.6 is 7.82 Å². The first-order valence-corrected chi connectivity index (χ1v) is 22.6. The minimum Gasteiger partial charge on any atom is -0.462 e. The fourth-order valence-corrected chi connectivity index (χ4v) is 6.66. The molecule has 1 unspecified atom stereocenters. The summed E-state index contributed by atoms with van der Waals surface area (Å²) in [7, 11) is -4.61. The van der Waals surface area contributed by atoms with Crippen LogP contribution in [0.3, 0.4) is 0 Å². The van der Waals surface area contributed by atoms with Gasteiger partial charge in [0.2, 0.25) is 0 Å². The number of phosphoric ester groups is 1. The van der Waals surface area contributed by atoms with Gasteiger partial charge in [0.25, 0.3) is 0 Å². The Balaban J connectivity index is 4.30. The van der Waals surface area contributed by atoms with E-state index in [2.05, 4.69) is 30.5 Å². The van der Waals surface area contributed by atoms with Crippen molar-refractivity contribution in [3.05, 3.63) is 12.2 Å². The molecule has 3 atom stereocenters. The van der Waals surface area contributed by atoms with Crippen LogP contribution in [-0.4, -0.2) is 65.7 Å². The highest BCUT2D eigenvalue weighted by molar-refractivity contribution is 7.47. The zero-order valence-corrected chi connectivity index (χ0v) is 34.2. The number of ether oxygens (including phenoxy) is 2. The van der Waals surface area contributed by atoms with Gasteiger partial charge in [-0.2, -0.15) is 0 Å². The number of allylic oxidation sites excluding steroid dienone is 2. The second kappa shape index (κ2) is 38.0. The Morgan fingerprint density at radius 2 is 0.942 bits per heavy atom. The van der Waals surface area contributed by atoms with Crippen molar-refractivity contribution in [2.24, 2.45) is 0 Å². The monoisotopic (exact) mass is 763 g/mol. The molecule has 0 saturated carbocycles. The summed E-state index contributed by atoms with van der Waals surface area (Å²) in [6, 6.07) is 0. The van der Waals surface area contributed by atoms with E-state index in [4.69, 9.17) is 19.1 Å². The maximum Gasteiger partial charge on any atom is 0.472 e. The third-order valence-electron chi connectivity index (χ3n) is 9.17. The number of unbranched alkanes of at least 4 members (excludes halogenated alkanes) is 24. The molecule has 0 aromatic heterocycles. The Hall–Kier alpha value is -1.29. The first-order chi connectivity index (χ1) is 25.2. The van der Waals surface area contributed by atoms with Gasteiger partial charge < -0.3 is 24.6 Å². The van der Waals surface area contributed by atoms with Gasteiger partial charge in [0, 0.05) is 12.8 Å². The summed E-state index contributed by atoms with van der Waals surface area (Å²) in [6.45, 7) is 2.38. The molecule has 10 nitrogen and oxygen atoms in total. The van der Waals surface area contributed by atoms with Crippen LogP contribution in [0.15, 0.2) is 12.2 Å². The minimum absolute atomic E-state index is 0.178. The normalized spacial score (nSPS) is 14.0. The summed E-state index contributed by atoms with van der Waals surface area (Å²) in [5.41, 5.74) is 0. The quantitative estimate of drug-likeness (QED) is 0.0238. The van der Waals surface area contributed by atoms with E-state index >= 15 is 0 Å². The molecule has 0 spiro atoms. The number of aliphatic hydroxyl groups is 2. The van der Waals surface area contributed by atoms with Gasteiger partial charge in [0.05, 0.1) is 19.8 Å². The second-order valence-corrected chi connectivity index (χ2v) is 15.8. The minimum atomic E-state index is -4.61. The van der Waals surface area contributed by atoms with E-state index < -0.39 is 51.8 Å². The third-order valence-corrected chi connectivity index (χ3v) is 10.1. The molecule has 0 aliphatic carbocycles. The van der Waals surface area contributed by atoms with Crippen LogP contribution in [-0.2, 0) is 32.7 Å². The number of esters is 2. The highest BCUT2D eigenvalue weighted by Gasteiger charge is 2.27. The van der Waals surface area contributed by atoms with Crippen LogP contribution in [0.1, 0.15) is 200 Å². The lowest BCUT2D eigenvalue weighted by atomic mass is 10.0. The van der Waals surface area contributed by atoms with Crippen LogP contribution < -0.4 is 0 Å².